The Balaban J connectivity index is 2.34. The molecule has 0 saturated carbocycles. The molecule has 0 spiro atoms. The molecule has 1 heterocycles. The van der Waals surface area contributed by atoms with Crippen LogP contribution in [0.5, 0.6) is 0 Å². The molecule has 0 aliphatic rings. The monoisotopic (exact) mass is 214 g/mol. The highest BCUT2D eigenvalue weighted by atomic mass is 32.1. The second-order valence-corrected chi connectivity index (χ2v) is 4.49. The molecule has 0 amide bonds. The number of aromatic nitrogens is 1. The normalized spacial score (nSPS) is 15.4. The van der Waals surface area contributed by atoms with Crippen molar-refractivity contribution in [2.45, 2.75) is 32.9 Å². The molecule has 1 aromatic heterocycles. The lowest BCUT2D eigenvalue weighted by Gasteiger charge is -2.21. The Morgan fingerprint density at radius 2 is 2.43 bits per heavy atom. The molecular formula is C10H18N2OS. The van der Waals surface area contributed by atoms with Gasteiger partial charge in [0.15, 0.2) is 0 Å². The van der Waals surface area contributed by atoms with E-state index in [-0.39, 0.29) is 12.6 Å². The molecule has 2 N–H and O–H groups in total. The van der Waals surface area contributed by atoms with Crippen molar-refractivity contribution in [3.63, 3.8) is 0 Å². The second kappa shape index (κ2) is 6.11. The Bertz CT molecular complexity index is 238. The number of thiazole rings is 1. The van der Waals surface area contributed by atoms with Crippen LogP contribution in [0, 0.1) is 5.92 Å². The van der Waals surface area contributed by atoms with Gasteiger partial charge in [0.2, 0.25) is 0 Å². The zero-order chi connectivity index (χ0) is 10.4. The van der Waals surface area contributed by atoms with E-state index < -0.39 is 0 Å². The summed E-state index contributed by atoms with van der Waals surface area (Å²) in [6.45, 7) is 5.30. The fourth-order valence-electron chi connectivity index (χ4n) is 1.29. The minimum absolute atomic E-state index is 0.196. The van der Waals surface area contributed by atoms with Crippen LogP contribution in [0.3, 0.4) is 0 Å². The highest BCUT2D eigenvalue weighted by Crippen LogP contribution is 2.10. The van der Waals surface area contributed by atoms with E-state index in [2.05, 4.69) is 24.1 Å². The smallest absolute Gasteiger partial charge is 0.0794 e. The maximum Gasteiger partial charge on any atom is 0.0794 e. The van der Waals surface area contributed by atoms with Gasteiger partial charge in [0.25, 0.3) is 0 Å². The van der Waals surface area contributed by atoms with Crippen LogP contribution < -0.4 is 5.32 Å². The van der Waals surface area contributed by atoms with Gasteiger partial charge in [-0.25, -0.2) is 0 Å². The highest BCUT2D eigenvalue weighted by Gasteiger charge is 2.13. The van der Waals surface area contributed by atoms with E-state index in [0.29, 0.717) is 5.92 Å². The lowest BCUT2D eigenvalue weighted by Crippen LogP contribution is -2.37. The summed E-state index contributed by atoms with van der Waals surface area (Å²) in [5.74, 6) is 0.507. The summed E-state index contributed by atoms with van der Waals surface area (Å²) in [7, 11) is 0. The Kier molecular flexibility index (Phi) is 5.07. The molecule has 0 bridgehead atoms. The number of aliphatic hydroxyl groups is 1. The van der Waals surface area contributed by atoms with Gasteiger partial charge in [0, 0.05) is 23.7 Å². The molecule has 0 aromatic carbocycles. The van der Waals surface area contributed by atoms with Crippen molar-refractivity contribution in [2.75, 3.05) is 6.61 Å². The van der Waals surface area contributed by atoms with Gasteiger partial charge in [0.05, 0.1) is 12.1 Å². The lowest BCUT2D eigenvalue weighted by atomic mass is 10.00. The van der Waals surface area contributed by atoms with Crippen molar-refractivity contribution < 1.29 is 5.11 Å². The third-order valence-electron chi connectivity index (χ3n) is 2.55. The van der Waals surface area contributed by atoms with Gasteiger partial charge in [0.1, 0.15) is 0 Å². The summed E-state index contributed by atoms with van der Waals surface area (Å²) in [5.41, 5.74) is 1.83. The first kappa shape index (κ1) is 11.6. The average Bonchev–Trinajstić information content (AvgIpc) is 2.71. The molecule has 2 atom stereocenters. The molecule has 0 aliphatic carbocycles. The Hall–Kier alpha value is -0.450. The number of nitrogens with zero attached hydrogens (tertiary/aromatic N) is 1. The van der Waals surface area contributed by atoms with Crippen molar-refractivity contribution in [2.24, 2.45) is 5.92 Å². The van der Waals surface area contributed by atoms with Gasteiger partial charge in [-0.2, -0.15) is 0 Å². The standard InChI is InChI=1S/C10H18N2OS/c1-3-8(2)10(6-13)12-5-9-4-11-7-14-9/h4,7-8,10,12-13H,3,5-6H2,1-2H3. The van der Waals surface area contributed by atoms with Gasteiger partial charge in [-0.05, 0) is 5.92 Å². The van der Waals surface area contributed by atoms with Crippen LogP contribution in [0.25, 0.3) is 0 Å². The van der Waals surface area contributed by atoms with Crippen LogP contribution in [-0.2, 0) is 6.54 Å². The van der Waals surface area contributed by atoms with E-state index >= 15 is 0 Å². The SMILES string of the molecule is CCC(C)C(CO)NCc1cncs1. The number of rotatable bonds is 6. The predicted octanol–water partition coefficient (Wildman–Crippen LogP) is 1.64. The van der Waals surface area contributed by atoms with Crippen molar-refractivity contribution in [1.82, 2.24) is 10.3 Å². The number of aliphatic hydroxyl groups excluding tert-OH is 1. The molecule has 4 heteroatoms. The van der Waals surface area contributed by atoms with E-state index in [1.165, 1.54) is 4.88 Å². The van der Waals surface area contributed by atoms with Crippen molar-refractivity contribution in [1.29, 1.82) is 0 Å². The van der Waals surface area contributed by atoms with Crippen molar-refractivity contribution >= 4 is 11.3 Å². The zero-order valence-electron chi connectivity index (χ0n) is 8.73. The van der Waals surface area contributed by atoms with Gasteiger partial charge in [-0.3, -0.25) is 4.98 Å². The maximum absolute atomic E-state index is 9.18. The van der Waals surface area contributed by atoms with Gasteiger partial charge < -0.3 is 10.4 Å². The molecule has 2 unspecified atom stereocenters. The first-order valence-corrected chi connectivity index (χ1v) is 5.87. The van der Waals surface area contributed by atoms with E-state index in [4.69, 9.17) is 0 Å². The molecule has 3 nitrogen and oxygen atoms in total. The molecule has 14 heavy (non-hydrogen) atoms. The number of hydrogen-bond donors (Lipinski definition) is 2. The van der Waals surface area contributed by atoms with Crippen LogP contribution in [0.15, 0.2) is 11.7 Å². The zero-order valence-corrected chi connectivity index (χ0v) is 9.55. The third kappa shape index (κ3) is 3.36. The van der Waals surface area contributed by atoms with E-state index in [0.717, 1.165) is 13.0 Å². The van der Waals surface area contributed by atoms with Gasteiger partial charge >= 0.3 is 0 Å². The Morgan fingerprint density at radius 1 is 1.64 bits per heavy atom. The average molecular weight is 214 g/mol. The van der Waals surface area contributed by atoms with E-state index in [1.807, 2.05) is 11.7 Å². The lowest BCUT2D eigenvalue weighted by molar-refractivity contribution is 0.201. The van der Waals surface area contributed by atoms with Gasteiger partial charge in [-0.1, -0.05) is 20.3 Å². The van der Waals surface area contributed by atoms with Crippen LogP contribution in [0.2, 0.25) is 0 Å². The summed E-state index contributed by atoms with van der Waals surface area (Å²) in [6, 6.07) is 0.196. The molecule has 0 saturated heterocycles. The first-order valence-electron chi connectivity index (χ1n) is 4.99. The quantitative estimate of drug-likeness (QED) is 0.756. The van der Waals surface area contributed by atoms with Crippen molar-refractivity contribution in [3.8, 4) is 0 Å². The molecule has 0 aliphatic heterocycles. The summed E-state index contributed by atoms with van der Waals surface area (Å²) in [4.78, 5) is 5.22. The van der Waals surface area contributed by atoms with Crippen LogP contribution in [0.4, 0.5) is 0 Å². The molecule has 1 rings (SSSR count). The Labute approximate surface area is 89.2 Å². The summed E-state index contributed by atoms with van der Waals surface area (Å²) < 4.78 is 0. The number of nitrogens with one attached hydrogen (secondary N) is 1. The largest absolute Gasteiger partial charge is 0.395 e. The van der Waals surface area contributed by atoms with Crippen LogP contribution in [0.1, 0.15) is 25.1 Å². The first-order chi connectivity index (χ1) is 6.77. The number of hydrogen-bond acceptors (Lipinski definition) is 4. The topological polar surface area (TPSA) is 45.1 Å². The van der Waals surface area contributed by atoms with Crippen LogP contribution >= 0.6 is 11.3 Å². The molecule has 0 radical (unpaired) electrons. The summed E-state index contributed by atoms with van der Waals surface area (Å²) in [5, 5.41) is 12.5. The minimum Gasteiger partial charge on any atom is -0.395 e. The molecule has 1 aromatic rings. The maximum atomic E-state index is 9.18. The van der Waals surface area contributed by atoms with Crippen molar-refractivity contribution in [3.05, 3.63) is 16.6 Å². The predicted molar refractivity (Wildman–Crippen MR) is 59.3 cm³/mol. The third-order valence-corrected chi connectivity index (χ3v) is 3.33. The second-order valence-electron chi connectivity index (χ2n) is 3.52. The fraction of sp³-hybridized carbons (Fsp3) is 0.700. The fourth-order valence-corrected chi connectivity index (χ4v) is 1.84. The highest BCUT2D eigenvalue weighted by molar-refractivity contribution is 7.09. The van der Waals surface area contributed by atoms with E-state index in [1.54, 1.807) is 11.3 Å². The Morgan fingerprint density at radius 3 is 2.93 bits per heavy atom. The van der Waals surface area contributed by atoms with E-state index in [9.17, 15) is 5.11 Å². The van der Waals surface area contributed by atoms with Crippen LogP contribution in [-0.4, -0.2) is 22.7 Å². The summed E-state index contributed by atoms with van der Waals surface area (Å²) >= 11 is 1.64. The molecule has 80 valence electrons. The summed E-state index contributed by atoms with van der Waals surface area (Å²) in [6.07, 6.45) is 2.95. The molecular weight excluding hydrogens is 196 g/mol. The molecule has 0 fully saturated rings. The minimum atomic E-state index is 0.196. The van der Waals surface area contributed by atoms with Gasteiger partial charge in [-0.15, -0.1) is 11.3 Å².